The number of thioether (sulfide) groups is 1. The van der Waals surface area contributed by atoms with Gasteiger partial charge >= 0.3 is 17.9 Å². The Hall–Kier alpha value is -2.34. The number of hydrogen-bond acceptors (Lipinski definition) is 7. The minimum absolute atomic E-state index is 0.123. The Morgan fingerprint density at radius 3 is 1.88 bits per heavy atom. The molecule has 0 radical (unpaired) electrons. The fourth-order valence-electron chi connectivity index (χ4n) is 1.71. The number of rotatable bonds is 12. The molecule has 0 aliphatic carbocycles. The fraction of sp³-hybridized carbons (Fsp3) is 0.615. The van der Waals surface area contributed by atoms with Gasteiger partial charge in [0.25, 0.3) is 0 Å². The molecule has 0 aromatic rings. The molecule has 0 spiro atoms. The Labute approximate surface area is 147 Å². The van der Waals surface area contributed by atoms with Crippen molar-refractivity contribution >= 4 is 41.5 Å². The van der Waals surface area contributed by atoms with Crippen molar-refractivity contribution in [3.05, 3.63) is 0 Å². The van der Waals surface area contributed by atoms with E-state index in [2.05, 4.69) is 5.32 Å². The van der Waals surface area contributed by atoms with Crippen LogP contribution in [0.4, 0.5) is 0 Å². The van der Waals surface area contributed by atoms with Gasteiger partial charge in [-0.1, -0.05) is 0 Å². The lowest BCUT2D eigenvalue weighted by Gasteiger charge is -2.22. The first-order valence-corrected chi connectivity index (χ1v) is 8.49. The van der Waals surface area contributed by atoms with Crippen LogP contribution < -0.4 is 16.4 Å². The molecule has 0 aromatic heterocycles. The minimum Gasteiger partial charge on any atom is -0.481 e. The zero-order valence-corrected chi connectivity index (χ0v) is 14.2. The van der Waals surface area contributed by atoms with Gasteiger partial charge in [-0.2, -0.15) is 11.8 Å². The molecule has 0 saturated carbocycles. The maximum absolute atomic E-state index is 12.2. The lowest BCUT2D eigenvalue weighted by molar-refractivity contribution is -0.147. The largest absolute Gasteiger partial charge is 0.481 e. The number of nitrogens with one attached hydrogen (secondary N) is 2. The third-order valence-electron chi connectivity index (χ3n) is 2.97. The molecule has 0 aliphatic heterocycles. The molecule has 0 aliphatic rings. The van der Waals surface area contributed by atoms with Crippen molar-refractivity contribution in [1.29, 1.82) is 0 Å². The molecule has 0 saturated heterocycles. The molecule has 3 atom stereocenters. The summed E-state index contributed by atoms with van der Waals surface area (Å²) < 4.78 is 0. The second-order valence-electron chi connectivity index (χ2n) is 5.04. The predicted molar refractivity (Wildman–Crippen MR) is 87.0 cm³/mol. The molecule has 0 heterocycles. The Kier molecular flexibility index (Phi) is 10.2. The number of aliphatic carboxylic acids is 3. The Balaban J connectivity index is 5.01. The molecule has 0 fully saturated rings. The van der Waals surface area contributed by atoms with E-state index >= 15 is 0 Å². The zero-order chi connectivity index (χ0) is 19.6. The third-order valence-corrected chi connectivity index (χ3v) is 3.61. The van der Waals surface area contributed by atoms with Crippen LogP contribution in [0.3, 0.4) is 0 Å². The number of hydrogen-bond donors (Lipinski definition) is 6. The molecule has 11 nitrogen and oxygen atoms in total. The molecule has 0 bridgehead atoms. The van der Waals surface area contributed by atoms with E-state index in [4.69, 9.17) is 21.1 Å². The summed E-state index contributed by atoms with van der Waals surface area (Å²) in [5, 5.41) is 30.5. The number of carboxylic acids is 3. The standard InChI is InChI=1S/C13H21N3O8S/c1-25-3-2-7(15-11(21)6(14)4-9(17)18)12(22)16-8(13(23)24)5-10(19)20/h6-8H,2-5,14H2,1H3,(H,15,21)(H,16,22)(H,17,18)(H,19,20)(H,23,24). The SMILES string of the molecule is CSCCC(NC(=O)C(N)CC(=O)O)C(=O)NC(CC(=O)O)C(=O)O. The van der Waals surface area contributed by atoms with Crippen LogP contribution in [0.15, 0.2) is 0 Å². The predicted octanol–water partition coefficient (Wildman–Crippen LogP) is -1.93. The maximum atomic E-state index is 12.2. The summed E-state index contributed by atoms with van der Waals surface area (Å²) >= 11 is 1.36. The van der Waals surface area contributed by atoms with Crippen LogP contribution in [0.25, 0.3) is 0 Å². The van der Waals surface area contributed by atoms with Crippen molar-refractivity contribution in [2.45, 2.75) is 37.4 Å². The minimum atomic E-state index is -1.66. The summed E-state index contributed by atoms with van der Waals surface area (Å²) in [7, 11) is 0. The van der Waals surface area contributed by atoms with E-state index in [0.717, 1.165) is 0 Å². The van der Waals surface area contributed by atoms with Crippen LogP contribution in [0.1, 0.15) is 19.3 Å². The van der Waals surface area contributed by atoms with Crippen LogP contribution in [0, 0.1) is 0 Å². The van der Waals surface area contributed by atoms with Gasteiger partial charge in [-0.05, 0) is 18.4 Å². The van der Waals surface area contributed by atoms with Gasteiger partial charge in [0, 0.05) is 0 Å². The lowest BCUT2D eigenvalue weighted by atomic mass is 10.1. The normalized spacial score (nSPS) is 14.0. The summed E-state index contributed by atoms with van der Waals surface area (Å²) in [6.45, 7) is 0. The van der Waals surface area contributed by atoms with E-state index < -0.39 is 60.7 Å². The summed E-state index contributed by atoms with van der Waals surface area (Å²) in [5.74, 6) is -5.58. The van der Waals surface area contributed by atoms with E-state index in [1.54, 1.807) is 6.26 Å². The van der Waals surface area contributed by atoms with Gasteiger partial charge in [0.1, 0.15) is 12.1 Å². The van der Waals surface area contributed by atoms with Crippen molar-refractivity contribution in [2.75, 3.05) is 12.0 Å². The van der Waals surface area contributed by atoms with Crippen molar-refractivity contribution in [2.24, 2.45) is 5.73 Å². The smallest absolute Gasteiger partial charge is 0.326 e. The molecule has 7 N–H and O–H groups in total. The van der Waals surface area contributed by atoms with Gasteiger partial charge in [0.2, 0.25) is 11.8 Å². The van der Waals surface area contributed by atoms with Crippen LogP contribution in [-0.2, 0) is 24.0 Å². The van der Waals surface area contributed by atoms with Crippen LogP contribution in [-0.4, -0.2) is 75.2 Å². The van der Waals surface area contributed by atoms with Crippen molar-refractivity contribution in [3.63, 3.8) is 0 Å². The fourth-order valence-corrected chi connectivity index (χ4v) is 2.18. The molecular weight excluding hydrogens is 358 g/mol. The number of carbonyl (C=O) groups is 5. The van der Waals surface area contributed by atoms with Gasteiger partial charge in [-0.3, -0.25) is 19.2 Å². The average molecular weight is 379 g/mol. The van der Waals surface area contributed by atoms with E-state index in [1.807, 2.05) is 5.32 Å². The molecule has 25 heavy (non-hydrogen) atoms. The van der Waals surface area contributed by atoms with Gasteiger partial charge in [-0.15, -0.1) is 0 Å². The van der Waals surface area contributed by atoms with Gasteiger partial charge < -0.3 is 31.7 Å². The number of nitrogens with two attached hydrogens (primary N) is 1. The highest BCUT2D eigenvalue weighted by atomic mass is 32.2. The van der Waals surface area contributed by atoms with Crippen LogP contribution in [0.2, 0.25) is 0 Å². The highest BCUT2D eigenvalue weighted by Crippen LogP contribution is 2.04. The van der Waals surface area contributed by atoms with Gasteiger partial charge in [0.05, 0.1) is 18.9 Å². The zero-order valence-electron chi connectivity index (χ0n) is 13.4. The van der Waals surface area contributed by atoms with E-state index in [1.165, 1.54) is 11.8 Å². The lowest BCUT2D eigenvalue weighted by Crippen LogP contribution is -2.55. The topological polar surface area (TPSA) is 196 Å². The summed E-state index contributed by atoms with van der Waals surface area (Å²) in [5.41, 5.74) is 5.41. The van der Waals surface area contributed by atoms with E-state index in [0.29, 0.717) is 5.75 Å². The molecule has 12 heteroatoms. The van der Waals surface area contributed by atoms with Crippen molar-refractivity contribution < 1.29 is 39.3 Å². The molecular formula is C13H21N3O8S. The van der Waals surface area contributed by atoms with Crippen molar-refractivity contribution in [1.82, 2.24) is 10.6 Å². The third kappa shape index (κ3) is 9.52. The second-order valence-corrected chi connectivity index (χ2v) is 6.03. The highest BCUT2D eigenvalue weighted by Gasteiger charge is 2.29. The molecule has 0 rings (SSSR count). The first-order chi connectivity index (χ1) is 11.6. The molecule has 0 aromatic carbocycles. The van der Waals surface area contributed by atoms with Crippen molar-refractivity contribution in [3.8, 4) is 0 Å². The first kappa shape index (κ1) is 22.7. The number of amides is 2. The molecule has 3 unspecified atom stereocenters. The Morgan fingerprint density at radius 2 is 1.44 bits per heavy atom. The Morgan fingerprint density at radius 1 is 0.920 bits per heavy atom. The van der Waals surface area contributed by atoms with Gasteiger partial charge in [-0.25, -0.2) is 4.79 Å². The highest BCUT2D eigenvalue weighted by molar-refractivity contribution is 7.98. The monoisotopic (exact) mass is 379 g/mol. The van der Waals surface area contributed by atoms with Crippen LogP contribution in [0.5, 0.6) is 0 Å². The summed E-state index contributed by atoms with van der Waals surface area (Å²) in [4.78, 5) is 56.3. The number of carbonyl (C=O) groups excluding carboxylic acids is 2. The van der Waals surface area contributed by atoms with E-state index in [9.17, 15) is 24.0 Å². The summed E-state index contributed by atoms with van der Waals surface area (Å²) in [6.07, 6.45) is 0.400. The quantitative estimate of drug-likeness (QED) is 0.222. The van der Waals surface area contributed by atoms with Gasteiger partial charge in [0.15, 0.2) is 0 Å². The first-order valence-electron chi connectivity index (χ1n) is 7.10. The molecule has 2 amide bonds. The maximum Gasteiger partial charge on any atom is 0.326 e. The molecule has 142 valence electrons. The summed E-state index contributed by atoms with van der Waals surface area (Å²) in [6, 6.07) is -4.21. The second kappa shape index (κ2) is 11.3. The van der Waals surface area contributed by atoms with E-state index in [-0.39, 0.29) is 6.42 Å². The average Bonchev–Trinajstić information content (AvgIpc) is 2.48. The number of carboxylic acid groups (broad SMARTS) is 3. The van der Waals surface area contributed by atoms with Crippen LogP contribution >= 0.6 is 11.8 Å². The Bertz CT molecular complexity index is 527.